The Balaban J connectivity index is 3.06. The molecule has 0 aliphatic rings. The molecule has 0 rings (SSSR count). The SMILES string of the molecule is CSCC(=O)NSC. The molecule has 0 aromatic carbocycles. The summed E-state index contributed by atoms with van der Waals surface area (Å²) < 4.78 is 2.60. The van der Waals surface area contributed by atoms with E-state index in [0.717, 1.165) is 0 Å². The molecule has 0 radical (unpaired) electrons. The Bertz CT molecular complexity index is 68.4. The average Bonchev–Trinajstić information content (AvgIpc) is 1.68. The summed E-state index contributed by atoms with van der Waals surface area (Å²) in [4.78, 5) is 10.5. The molecule has 8 heavy (non-hydrogen) atoms. The van der Waals surface area contributed by atoms with Gasteiger partial charge in [0.15, 0.2) is 0 Å². The molecule has 0 atom stereocenters. The molecule has 0 unspecified atom stereocenters. The predicted octanol–water partition coefficient (Wildman–Crippen LogP) is 0.744. The van der Waals surface area contributed by atoms with E-state index in [1.165, 1.54) is 23.7 Å². The molecule has 1 N–H and O–H groups in total. The zero-order chi connectivity index (χ0) is 6.41. The van der Waals surface area contributed by atoms with Crippen LogP contribution in [0.25, 0.3) is 0 Å². The van der Waals surface area contributed by atoms with E-state index in [1.807, 2.05) is 12.5 Å². The third-order valence-electron chi connectivity index (χ3n) is 0.491. The fourth-order valence-corrected chi connectivity index (χ4v) is 1.000. The summed E-state index contributed by atoms with van der Waals surface area (Å²) in [6.07, 6.45) is 3.73. The Morgan fingerprint density at radius 2 is 2.25 bits per heavy atom. The fourth-order valence-electron chi connectivity index (χ4n) is 0.274. The number of thioether (sulfide) groups is 1. The average molecular weight is 151 g/mol. The van der Waals surface area contributed by atoms with E-state index in [-0.39, 0.29) is 5.91 Å². The van der Waals surface area contributed by atoms with Crippen molar-refractivity contribution in [3.8, 4) is 0 Å². The molecule has 4 heteroatoms. The van der Waals surface area contributed by atoms with Crippen LogP contribution in [0.4, 0.5) is 0 Å². The number of carbonyl (C=O) groups excluding carboxylic acids is 1. The second kappa shape index (κ2) is 5.31. The number of hydrogen-bond acceptors (Lipinski definition) is 3. The molecule has 0 saturated carbocycles. The molecule has 0 aromatic rings. The van der Waals surface area contributed by atoms with Crippen LogP contribution in [0.15, 0.2) is 0 Å². The van der Waals surface area contributed by atoms with Crippen molar-refractivity contribution in [1.82, 2.24) is 4.72 Å². The van der Waals surface area contributed by atoms with E-state index in [2.05, 4.69) is 4.72 Å². The molecule has 0 fully saturated rings. The number of rotatable bonds is 3. The van der Waals surface area contributed by atoms with Crippen LogP contribution in [-0.4, -0.2) is 24.2 Å². The smallest absolute Gasteiger partial charge is 0.239 e. The van der Waals surface area contributed by atoms with E-state index in [1.54, 1.807) is 0 Å². The molecule has 0 saturated heterocycles. The monoisotopic (exact) mass is 151 g/mol. The molecule has 0 aliphatic heterocycles. The number of nitrogens with one attached hydrogen (secondary N) is 1. The van der Waals surface area contributed by atoms with Gasteiger partial charge in [-0.3, -0.25) is 9.52 Å². The van der Waals surface area contributed by atoms with Crippen LogP contribution in [0, 0.1) is 0 Å². The van der Waals surface area contributed by atoms with Crippen molar-refractivity contribution >= 4 is 29.6 Å². The van der Waals surface area contributed by atoms with Gasteiger partial charge in [-0.15, -0.1) is 0 Å². The van der Waals surface area contributed by atoms with Crippen LogP contribution >= 0.6 is 23.7 Å². The van der Waals surface area contributed by atoms with Crippen molar-refractivity contribution in [1.29, 1.82) is 0 Å². The molecule has 0 aromatic heterocycles. The van der Waals surface area contributed by atoms with E-state index in [9.17, 15) is 4.79 Å². The van der Waals surface area contributed by atoms with Crippen molar-refractivity contribution in [2.24, 2.45) is 0 Å². The predicted molar refractivity (Wildman–Crippen MR) is 40.0 cm³/mol. The highest BCUT2D eigenvalue weighted by Crippen LogP contribution is 1.91. The summed E-state index contributed by atoms with van der Waals surface area (Å²) in [6.45, 7) is 0. The first-order valence-corrected chi connectivity index (χ1v) is 4.74. The summed E-state index contributed by atoms with van der Waals surface area (Å²) >= 11 is 2.86. The minimum atomic E-state index is 0.0880. The normalized spacial score (nSPS) is 8.75. The van der Waals surface area contributed by atoms with Crippen molar-refractivity contribution < 1.29 is 4.79 Å². The number of carbonyl (C=O) groups is 1. The maximum atomic E-state index is 10.5. The molecular formula is C4H9NOS2. The van der Waals surface area contributed by atoms with E-state index in [0.29, 0.717) is 5.75 Å². The topological polar surface area (TPSA) is 29.1 Å². The Morgan fingerprint density at radius 3 is 2.62 bits per heavy atom. The summed E-state index contributed by atoms with van der Waals surface area (Å²) in [5, 5.41) is 0. The van der Waals surface area contributed by atoms with E-state index < -0.39 is 0 Å². The summed E-state index contributed by atoms with van der Waals surface area (Å²) in [5.74, 6) is 0.644. The van der Waals surface area contributed by atoms with Crippen molar-refractivity contribution in [3.05, 3.63) is 0 Å². The van der Waals surface area contributed by atoms with Crippen molar-refractivity contribution in [2.75, 3.05) is 18.3 Å². The van der Waals surface area contributed by atoms with Crippen LogP contribution < -0.4 is 4.72 Å². The molecule has 48 valence electrons. The Hall–Kier alpha value is 0.170. The summed E-state index contributed by atoms with van der Waals surface area (Å²) in [6, 6.07) is 0. The second-order valence-electron chi connectivity index (χ2n) is 1.16. The van der Waals surface area contributed by atoms with Crippen molar-refractivity contribution in [2.45, 2.75) is 0 Å². The van der Waals surface area contributed by atoms with Gasteiger partial charge in [-0.1, -0.05) is 11.9 Å². The van der Waals surface area contributed by atoms with Crippen molar-refractivity contribution in [3.63, 3.8) is 0 Å². The lowest BCUT2D eigenvalue weighted by Gasteiger charge is -1.95. The lowest BCUT2D eigenvalue weighted by Crippen LogP contribution is -2.16. The highest BCUT2D eigenvalue weighted by atomic mass is 32.2. The van der Waals surface area contributed by atoms with Crippen LogP contribution in [0.3, 0.4) is 0 Å². The Labute approximate surface area is 57.9 Å². The van der Waals surface area contributed by atoms with Gasteiger partial charge in [0.05, 0.1) is 5.75 Å². The third kappa shape index (κ3) is 4.33. The first kappa shape index (κ1) is 8.17. The van der Waals surface area contributed by atoms with E-state index in [4.69, 9.17) is 0 Å². The highest BCUT2D eigenvalue weighted by Gasteiger charge is 1.93. The minimum Gasteiger partial charge on any atom is -0.300 e. The highest BCUT2D eigenvalue weighted by molar-refractivity contribution is 7.99. The molecule has 0 spiro atoms. The van der Waals surface area contributed by atoms with Crippen LogP contribution in [0.5, 0.6) is 0 Å². The zero-order valence-electron chi connectivity index (χ0n) is 4.93. The molecule has 0 heterocycles. The van der Waals surface area contributed by atoms with Gasteiger partial charge >= 0.3 is 0 Å². The van der Waals surface area contributed by atoms with Crippen LogP contribution in [-0.2, 0) is 4.79 Å². The Kier molecular flexibility index (Phi) is 5.42. The second-order valence-corrected chi connectivity index (χ2v) is 2.64. The quantitative estimate of drug-likeness (QED) is 0.603. The third-order valence-corrected chi connectivity index (χ3v) is 1.47. The first-order valence-electron chi connectivity index (χ1n) is 2.12. The van der Waals surface area contributed by atoms with Gasteiger partial charge in [0, 0.05) is 6.26 Å². The molecule has 0 bridgehead atoms. The van der Waals surface area contributed by atoms with Crippen LogP contribution in [0.1, 0.15) is 0 Å². The molecular weight excluding hydrogens is 142 g/mol. The van der Waals surface area contributed by atoms with Crippen LogP contribution in [0.2, 0.25) is 0 Å². The maximum absolute atomic E-state index is 10.5. The minimum absolute atomic E-state index is 0.0880. The fraction of sp³-hybridized carbons (Fsp3) is 0.750. The largest absolute Gasteiger partial charge is 0.300 e. The van der Waals surface area contributed by atoms with Gasteiger partial charge in [-0.2, -0.15) is 11.8 Å². The number of amides is 1. The van der Waals surface area contributed by atoms with E-state index >= 15 is 0 Å². The lowest BCUT2D eigenvalue weighted by molar-refractivity contribution is -0.116. The van der Waals surface area contributed by atoms with Gasteiger partial charge in [0.1, 0.15) is 0 Å². The molecule has 0 aliphatic carbocycles. The Morgan fingerprint density at radius 1 is 1.62 bits per heavy atom. The molecule has 1 amide bonds. The lowest BCUT2D eigenvalue weighted by atomic mass is 10.8. The van der Waals surface area contributed by atoms with Gasteiger partial charge < -0.3 is 0 Å². The van der Waals surface area contributed by atoms with Gasteiger partial charge in [0.2, 0.25) is 5.91 Å². The molecule has 2 nitrogen and oxygen atoms in total. The standard InChI is InChI=1S/C4H9NOS2/c1-7-3-4(6)5-8-2/h3H2,1-2H3,(H,5,6). The van der Waals surface area contributed by atoms with Gasteiger partial charge in [0.25, 0.3) is 0 Å². The first-order chi connectivity index (χ1) is 3.81. The number of hydrogen-bond donors (Lipinski definition) is 1. The van der Waals surface area contributed by atoms with Gasteiger partial charge in [-0.25, -0.2) is 0 Å². The summed E-state index contributed by atoms with van der Waals surface area (Å²) in [5.41, 5.74) is 0. The summed E-state index contributed by atoms with van der Waals surface area (Å²) in [7, 11) is 0. The van der Waals surface area contributed by atoms with Gasteiger partial charge in [-0.05, 0) is 6.26 Å². The maximum Gasteiger partial charge on any atom is 0.239 e. The zero-order valence-corrected chi connectivity index (χ0v) is 6.56.